The molecular formula is C19H19F2NO5. The first kappa shape index (κ1) is 20.2. The molecule has 0 aliphatic rings. The van der Waals surface area contributed by atoms with Gasteiger partial charge in [-0.15, -0.1) is 0 Å². The summed E-state index contributed by atoms with van der Waals surface area (Å²) in [5, 5.41) is 2.59. The lowest BCUT2D eigenvalue weighted by molar-refractivity contribution is -0.119. The van der Waals surface area contributed by atoms with Crippen LogP contribution in [0.5, 0.6) is 11.5 Å². The summed E-state index contributed by atoms with van der Waals surface area (Å²) < 4.78 is 39.3. The minimum Gasteiger partial charge on any atom is -0.490 e. The Labute approximate surface area is 155 Å². The Morgan fingerprint density at radius 2 is 1.78 bits per heavy atom. The number of hydrogen-bond acceptors (Lipinski definition) is 5. The van der Waals surface area contributed by atoms with Gasteiger partial charge in [-0.2, -0.15) is 8.78 Å². The maximum atomic E-state index is 12.4. The molecule has 0 fully saturated rings. The molecule has 1 N–H and O–H groups in total. The lowest BCUT2D eigenvalue weighted by Gasteiger charge is -2.12. The fraction of sp³-hybridized carbons (Fsp3) is 0.263. The number of aryl methyl sites for hydroxylation is 1. The van der Waals surface area contributed by atoms with E-state index >= 15 is 0 Å². The summed E-state index contributed by atoms with van der Waals surface area (Å²) in [6.45, 7) is 0.254. The molecule has 2 aromatic carbocycles. The van der Waals surface area contributed by atoms with Crippen LogP contribution in [0.1, 0.15) is 22.8 Å². The highest BCUT2D eigenvalue weighted by atomic mass is 19.3. The summed E-state index contributed by atoms with van der Waals surface area (Å²) in [5.74, 6) is -1.51. The number of rotatable bonds is 8. The van der Waals surface area contributed by atoms with Crippen LogP contribution in [0, 0.1) is 6.92 Å². The summed E-state index contributed by atoms with van der Waals surface area (Å²) in [6.07, 6.45) is 0. The molecule has 0 bridgehead atoms. The van der Waals surface area contributed by atoms with E-state index < -0.39 is 25.1 Å². The molecule has 0 unspecified atom stereocenters. The van der Waals surface area contributed by atoms with Crippen LogP contribution in [0.2, 0.25) is 0 Å². The van der Waals surface area contributed by atoms with Gasteiger partial charge in [-0.05, 0) is 44.2 Å². The van der Waals surface area contributed by atoms with Crippen molar-refractivity contribution in [3.05, 3.63) is 53.6 Å². The van der Waals surface area contributed by atoms with E-state index in [1.54, 1.807) is 19.1 Å². The zero-order valence-electron chi connectivity index (χ0n) is 14.8. The van der Waals surface area contributed by atoms with Crippen molar-refractivity contribution in [2.75, 3.05) is 18.5 Å². The topological polar surface area (TPSA) is 73.9 Å². The van der Waals surface area contributed by atoms with Crippen LogP contribution in [0.25, 0.3) is 0 Å². The van der Waals surface area contributed by atoms with E-state index in [2.05, 4.69) is 10.1 Å². The van der Waals surface area contributed by atoms with Crippen LogP contribution in [-0.2, 0) is 9.53 Å². The summed E-state index contributed by atoms with van der Waals surface area (Å²) in [5.41, 5.74) is 1.67. The monoisotopic (exact) mass is 379 g/mol. The fourth-order valence-corrected chi connectivity index (χ4v) is 2.15. The zero-order chi connectivity index (χ0) is 19.8. The van der Waals surface area contributed by atoms with Crippen molar-refractivity contribution in [1.82, 2.24) is 0 Å². The van der Waals surface area contributed by atoms with Gasteiger partial charge in [-0.25, -0.2) is 4.79 Å². The molecule has 8 heteroatoms. The lowest BCUT2D eigenvalue weighted by atomic mass is 10.2. The Hall–Kier alpha value is -3.16. The molecule has 1 amide bonds. The summed E-state index contributed by atoms with van der Waals surface area (Å²) in [6, 6.07) is 10.8. The molecule has 0 aliphatic carbocycles. The highest BCUT2D eigenvalue weighted by Gasteiger charge is 2.16. The number of alkyl halides is 2. The summed E-state index contributed by atoms with van der Waals surface area (Å²) in [7, 11) is 0. The number of carbonyl (C=O) groups is 2. The number of carbonyl (C=O) groups excluding carboxylic acids is 2. The molecule has 0 aromatic heterocycles. The Balaban J connectivity index is 1.97. The molecule has 0 heterocycles. The van der Waals surface area contributed by atoms with Gasteiger partial charge in [0.1, 0.15) is 0 Å². The third-order valence-electron chi connectivity index (χ3n) is 3.36. The number of amides is 1. The Morgan fingerprint density at radius 3 is 2.41 bits per heavy atom. The van der Waals surface area contributed by atoms with Crippen LogP contribution in [0.3, 0.4) is 0 Å². The molecule has 2 aromatic rings. The minimum atomic E-state index is -3.02. The number of benzene rings is 2. The minimum absolute atomic E-state index is 0.0173. The highest BCUT2D eigenvalue weighted by Crippen LogP contribution is 2.30. The molecule has 144 valence electrons. The number of hydrogen-bond donors (Lipinski definition) is 1. The van der Waals surface area contributed by atoms with Gasteiger partial charge in [-0.3, -0.25) is 4.79 Å². The van der Waals surface area contributed by atoms with Crippen molar-refractivity contribution in [1.29, 1.82) is 0 Å². The predicted octanol–water partition coefficient (Wildman–Crippen LogP) is 3.79. The molecular weight excluding hydrogens is 360 g/mol. The van der Waals surface area contributed by atoms with Crippen LogP contribution in [0.4, 0.5) is 14.5 Å². The predicted molar refractivity (Wildman–Crippen MR) is 94.3 cm³/mol. The van der Waals surface area contributed by atoms with Crippen molar-refractivity contribution < 1.29 is 32.6 Å². The summed E-state index contributed by atoms with van der Waals surface area (Å²) in [4.78, 5) is 24.0. The van der Waals surface area contributed by atoms with Crippen molar-refractivity contribution in [3.8, 4) is 11.5 Å². The quantitative estimate of drug-likeness (QED) is 0.707. The van der Waals surface area contributed by atoms with Gasteiger partial charge in [-0.1, -0.05) is 17.7 Å². The Kier molecular flexibility index (Phi) is 7.10. The maximum Gasteiger partial charge on any atom is 0.387 e. The third-order valence-corrected chi connectivity index (χ3v) is 3.36. The molecule has 0 radical (unpaired) electrons. The van der Waals surface area contributed by atoms with E-state index in [1.807, 2.05) is 19.1 Å². The molecule has 0 aliphatic heterocycles. The maximum absolute atomic E-state index is 12.4. The second-order valence-electron chi connectivity index (χ2n) is 5.46. The number of halogens is 2. The summed E-state index contributed by atoms with van der Waals surface area (Å²) >= 11 is 0. The van der Waals surface area contributed by atoms with E-state index in [1.165, 1.54) is 18.2 Å². The molecule has 0 saturated heterocycles. The first-order chi connectivity index (χ1) is 12.9. The van der Waals surface area contributed by atoms with E-state index in [0.29, 0.717) is 5.69 Å². The Morgan fingerprint density at radius 1 is 1.07 bits per heavy atom. The number of anilines is 1. The van der Waals surface area contributed by atoms with Crippen molar-refractivity contribution in [2.45, 2.75) is 20.5 Å². The van der Waals surface area contributed by atoms with Gasteiger partial charge < -0.3 is 19.5 Å². The fourth-order valence-electron chi connectivity index (χ4n) is 2.15. The van der Waals surface area contributed by atoms with Crippen LogP contribution >= 0.6 is 0 Å². The molecule has 6 nitrogen and oxygen atoms in total. The number of nitrogens with one attached hydrogen (secondary N) is 1. The van der Waals surface area contributed by atoms with Gasteiger partial charge in [0, 0.05) is 5.69 Å². The first-order valence-corrected chi connectivity index (χ1v) is 8.14. The van der Waals surface area contributed by atoms with Gasteiger partial charge in [0.25, 0.3) is 5.91 Å². The van der Waals surface area contributed by atoms with E-state index in [-0.39, 0.29) is 23.7 Å². The number of esters is 1. The molecule has 0 spiro atoms. The van der Waals surface area contributed by atoms with Gasteiger partial charge in [0.05, 0.1) is 12.2 Å². The van der Waals surface area contributed by atoms with Crippen LogP contribution < -0.4 is 14.8 Å². The molecule has 27 heavy (non-hydrogen) atoms. The van der Waals surface area contributed by atoms with Crippen molar-refractivity contribution in [2.24, 2.45) is 0 Å². The van der Waals surface area contributed by atoms with Gasteiger partial charge in [0.2, 0.25) is 0 Å². The molecule has 0 atom stereocenters. The highest BCUT2D eigenvalue weighted by molar-refractivity contribution is 5.95. The normalized spacial score (nSPS) is 10.4. The van der Waals surface area contributed by atoms with E-state index in [4.69, 9.17) is 9.47 Å². The van der Waals surface area contributed by atoms with Gasteiger partial charge >= 0.3 is 12.6 Å². The SMILES string of the molecule is CCOc1cc(C(=O)OCC(=O)Nc2ccc(C)cc2)ccc1OC(F)F. The zero-order valence-corrected chi connectivity index (χ0v) is 14.8. The van der Waals surface area contributed by atoms with E-state index in [0.717, 1.165) is 5.56 Å². The van der Waals surface area contributed by atoms with Crippen molar-refractivity contribution >= 4 is 17.6 Å². The first-order valence-electron chi connectivity index (χ1n) is 8.14. The molecule has 2 rings (SSSR count). The smallest absolute Gasteiger partial charge is 0.387 e. The van der Waals surface area contributed by atoms with Crippen molar-refractivity contribution in [3.63, 3.8) is 0 Å². The second kappa shape index (κ2) is 9.51. The number of ether oxygens (including phenoxy) is 3. The standard InChI is InChI=1S/C19H19F2NO5/c1-3-25-16-10-13(6-9-15(16)27-19(20)21)18(24)26-11-17(23)22-14-7-4-12(2)5-8-14/h4-10,19H,3,11H2,1-2H3,(H,22,23). The van der Waals surface area contributed by atoms with Crippen LogP contribution in [0.15, 0.2) is 42.5 Å². The third kappa shape index (κ3) is 6.25. The second-order valence-corrected chi connectivity index (χ2v) is 5.46. The lowest BCUT2D eigenvalue weighted by Crippen LogP contribution is -2.21. The Bertz CT molecular complexity index is 793. The average molecular weight is 379 g/mol. The van der Waals surface area contributed by atoms with Gasteiger partial charge in [0.15, 0.2) is 18.1 Å². The van der Waals surface area contributed by atoms with Crippen LogP contribution in [-0.4, -0.2) is 31.7 Å². The largest absolute Gasteiger partial charge is 0.490 e. The van der Waals surface area contributed by atoms with E-state index in [9.17, 15) is 18.4 Å². The average Bonchev–Trinajstić information content (AvgIpc) is 2.63. The molecule has 0 saturated carbocycles.